The minimum atomic E-state index is -4.75. The molecule has 4 amide bonds. The van der Waals surface area contributed by atoms with Gasteiger partial charge in [0.1, 0.15) is 12.2 Å². The lowest BCUT2D eigenvalue weighted by Crippen LogP contribution is -2.54. The number of benzene rings is 3. The summed E-state index contributed by atoms with van der Waals surface area (Å²) in [5, 5.41) is 2.18. The first-order valence-electron chi connectivity index (χ1n) is 10.8. The molecule has 38 heavy (non-hydrogen) atoms. The summed E-state index contributed by atoms with van der Waals surface area (Å²) in [5.74, 6) is -1.57. The Morgan fingerprint density at radius 2 is 1.68 bits per heavy atom. The zero-order valence-electron chi connectivity index (χ0n) is 19.4. The molecule has 1 fully saturated rings. The summed E-state index contributed by atoms with van der Waals surface area (Å²) in [4.78, 5) is 38.5. The molecule has 1 saturated heterocycles. The standard InChI is InChI=1S/C26H17Cl2F3N2O5/c1-37-22-11-14(6-9-21(22)38-13-15-4-2-3-5-18(15)27)10-17-23(34)32-25(36)33(24(17)35)20-12-16(26(29,30)31)7-8-19(20)28/h2-12H,13H2,1H3,(H,32,34,36)/b17-10+. The normalized spacial score (nSPS) is 15.1. The van der Waals surface area contributed by atoms with Crippen LogP contribution in [0.25, 0.3) is 6.08 Å². The number of ether oxygens (including phenoxy) is 2. The summed E-state index contributed by atoms with van der Waals surface area (Å²) in [6.07, 6.45) is -3.59. The Hall–Kier alpha value is -4.02. The van der Waals surface area contributed by atoms with E-state index in [-0.39, 0.29) is 17.4 Å². The molecule has 0 unspecified atom stereocenters. The van der Waals surface area contributed by atoms with Crippen molar-refractivity contribution in [2.24, 2.45) is 0 Å². The number of nitrogens with one attached hydrogen (secondary N) is 1. The maximum absolute atomic E-state index is 13.2. The molecule has 0 aromatic heterocycles. The Labute approximate surface area is 224 Å². The fourth-order valence-electron chi connectivity index (χ4n) is 3.57. The van der Waals surface area contributed by atoms with Crippen molar-refractivity contribution in [1.29, 1.82) is 0 Å². The summed E-state index contributed by atoms with van der Waals surface area (Å²) in [7, 11) is 1.39. The van der Waals surface area contributed by atoms with Crippen LogP contribution in [0.15, 0.2) is 66.2 Å². The van der Waals surface area contributed by atoms with E-state index in [1.54, 1.807) is 24.3 Å². The largest absolute Gasteiger partial charge is 0.493 e. The van der Waals surface area contributed by atoms with E-state index in [0.717, 1.165) is 11.6 Å². The molecule has 1 aliphatic rings. The molecule has 1 N–H and O–H groups in total. The van der Waals surface area contributed by atoms with Gasteiger partial charge in [-0.2, -0.15) is 13.2 Å². The maximum Gasteiger partial charge on any atom is 0.416 e. The van der Waals surface area contributed by atoms with E-state index in [2.05, 4.69) is 0 Å². The van der Waals surface area contributed by atoms with Crippen LogP contribution in [0.1, 0.15) is 16.7 Å². The van der Waals surface area contributed by atoms with Crippen LogP contribution in [0.5, 0.6) is 11.5 Å². The van der Waals surface area contributed by atoms with Gasteiger partial charge in [0.25, 0.3) is 11.8 Å². The van der Waals surface area contributed by atoms with Crippen molar-refractivity contribution in [3.63, 3.8) is 0 Å². The van der Waals surface area contributed by atoms with Gasteiger partial charge in [-0.05, 0) is 48.0 Å². The number of methoxy groups -OCH3 is 1. The highest BCUT2D eigenvalue weighted by atomic mass is 35.5. The summed E-state index contributed by atoms with van der Waals surface area (Å²) in [5.41, 5.74) is -1.11. The Morgan fingerprint density at radius 1 is 0.947 bits per heavy atom. The number of halogens is 5. The number of imide groups is 2. The number of urea groups is 1. The molecule has 3 aromatic carbocycles. The monoisotopic (exact) mass is 564 g/mol. The van der Waals surface area contributed by atoms with Crippen molar-refractivity contribution in [3.8, 4) is 11.5 Å². The smallest absolute Gasteiger partial charge is 0.416 e. The number of amides is 4. The van der Waals surface area contributed by atoms with E-state index in [4.69, 9.17) is 32.7 Å². The molecule has 12 heteroatoms. The van der Waals surface area contributed by atoms with E-state index in [0.29, 0.717) is 33.4 Å². The van der Waals surface area contributed by atoms with Crippen LogP contribution in [0.4, 0.5) is 23.7 Å². The molecule has 0 radical (unpaired) electrons. The van der Waals surface area contributed by atoms with Gasteiger partial charge in [-0.3, -0.25) is 14.9 Å². The number of hydrogen-bond acceptors (Lipinski definition) is 5. The van der Waals surface area contributed by atoms with Crippen LogP contribution in [0, 0.1) is 0 Å². The van der Waals surface area contributed by atoms with Crippen LogP contribution in [-0.2, 0) is 22.4 Å². The van der Waals surface area contributed by atoms with Crippen LogP contribution in [0.2, 0.25) is 10.0 Å². The van der Waals surface area contributed by atoms with Gasteiger partial charge < -0.3 is 9.47 Å². The minimum Gasteiger partial charge on any atom is -0.493 e. The molecule has 0 bridgehead atoms. The van der Waals surface area contributed by atoms with E-state index in [1.165, 1.54) is 25.3 Å². The lowest BCUT2D eigenvalue weighted by Gasteiger charge is -2.27. The first-order chi connectivity index (χ1) is 18.0. The third-order valence-electron chi connectivity index (χ3n) is 5.46. The molecule has 0 saturated carbocycles. The average molecular weight is 565 g/mol. The van der Waals surface area contributed by atoms with Crippen LogP contribution in [-0.4, -0.2) is 25.0 Å². The van der Waals surface area contributed by atoms with Crippen molar-refractivity contribution in [1.82, 2.24) is 5.32 Å². The molecule has 0 atom stereocenters. The Kier molecular flexibility index (Phi) is 7.66. The Balaban J connectivity index is 1.64. The molecule has 0 spiro atoms. The van der Waals surface area contributed by atoms with E-state index in [1.807, 2.05) is 11.4 Å². The number of carbonyl (C=O) groups is 3. The summed E-state index contributed by atoms with van der Waals surface area (Å²) in [6.45, 7) is 0.145. The van der Waals surface area contributed by atoms with Gasteiger partial charge in [-0.15, -0.1) is 0 Å². The number of carbonyl (C=O) groups excluding carboxylic acids is 3. The number of barbiturate groups is 1. The first kappa shape index (κ1) is 27.0. The number of nitrogens with zero attached hydrogens (tertiary/aromatic N) is 1. The highest BCUT2D eigenvalue weighted by Gasteiger charge is 2.39. The Morgan fingerprint density at radius 3 is 2.37 bits per heavy atom. The fourth-order valence-corrected chi connectivity index (χ4v) is 3.96. The highest BCUT2D eigenvalue weighted by molar-refractivity contribution is 6.42. The molecule has 1 heterocycles. The predicted molar refractivity (Wildman–Crippen MR) is 134 cm³/mol. The average Bonchev–Trinajstić information content (AvgIpc) is 2.86. The second kappa shape index (κ2) is 10.8. The first-order valence-corrected chi connectivity index (χ1v) is 11.6. The lowest BCUT2D eigenvalue weighted by molar-refractivity contribution is -0.137. The van der Waals surface area contributed by atoms with Crippen molar-refractivity contribution >= 4 is 52.8 Å². The molecule has 7 nitrogen and oxygen atoms in total. The number of hydrogen-bond donors (Lipinski definition) is 1. The lowest BCUT2D eigenvalue weighted by atomic mass is 10.1. The van der Waals surface area contributed by atoms with Crippen molar-refractivity contribution in [3.05, 3.63) is 93.0 Å². The summed E-state index contributed by atoms with van der Waals surface area (Å²) < 4.78 is 50.8. The van der Waals surface area contributed by atoms with Crippen molar-refractivity contribution in [2.45, 2.75) is 12.8 Å². The summed E-state index contributed by atoms with van der Waals surface area (Å²) in [6, 6.07) is 12.6. The van der Waals surface area contributed by atoms with Crippen LogP contribution < -0.4 is 19.7 Å². The quantitative estimate of drug-likeness (QED) is 0.282. The summed E-state index contributed by atoms with van der Waals surface area (Å²) >= 11 is 12.2. The number of anilines is 1. The second-order valence-electron chi connectivity index (χ2n) is 7.91. The molecule has 4 rings (SSSR count). The molecule has 196 valence electrons. The van der Waals surface area contributed by atoms with E-state index >= 15 is 0 Å². The number of alkyl halides is 3. The predicted octanol–water partition coefficient (Wildman–Crippen LogP) is 6.27. The molecule has 3 aromatic rings. The molecular weight excluding hydrogens is 548 g/mol. The van der Waals surface area contributed by atoms with Gasteiger partial charge in [-0.25, -0.2) is 9.69 Å². The third kappa shape index (κ3) is 5.61. The molecule has 1 aliphatic heterocycles. The van der Waals surface area contributed by atoms with Gasteiger partial charge in [0, 0.05) is 10.6 Å². The SMILES string of the molecule is COc1cc(/C=C2\C(=O)NC(=O)N(c3cc(C(F)(F)F)ccc3Cl)C2=O)ccc1OCc1ccccc1Cl. The van der Waals surface area contributed by atoms with E-state index in [9.17, 15) is 27.6 Å². The zero-order chi connectivity index (χ0) is 27.6. The zero-order valence-corrected chi connectivity index (χ0v) is 20.9. The number of rotatable bonds is 6. The maximum atomic E-state index is 13.2. The highest BCUT2D eigenvalue weighted by Crippen LogP contribution is 2.37. The Bertz CT molecular complexity index is 1470. The van der Waals surface area contributed by atoms with Gasteiger partial charge >= 0.3 is 12.2 Å². The van der Waals surface area contributed by atoms with Gasteiger partial charge in [0.2, 0.25) is 0 Å². The second-order valence-corrected chi connectivity index (χ2v) is 8.73. The van der Waals surface area contributed by atoms with Crippen LogP contribution >= 0.6 is 23.2 Å². The molecular formula is C26H17Cl2F3N2O5. The van der Waals surface area contributed by atoms with Gasteiger partial charge in [0.05, 0.1) is 23.4 Å². The topological polar surface area (TPSA) is 84.9 Å². The molecule has 0 aliphatic carbocycles. The van der Waals surface area contributed by atoms with Crippen molar-refractivity contribution < 1.29 is 37.0 Å². The van der Waals surface area contributed by atoms with Crippen LogP contribution in [0.3, 0.4) is 0 Å². The van der Waals surface area contributed by atoms with Gasteiger partial charge in [0.15, 0.2) is 11.5 Å². The van der Waals surface area contributed by atoms with E-state index < -0.39 is 40.8 Å². The minimum absolute atomic E-state index is 0.145. The third-order valence-corrected chi connectivity index (χ3v) is 6.14. The van der Waals surface area contributed by atoms with Gasteiger partial charge in [-0.1, -0.05) is 47.5 Å². The van der Waals surface area contributed by atoms with Crippen molar-refractivity contribution in [2.75, 3.05) is 12.0 Å². The fraction of sp³-hybridized carbons (Fsp3) is 0.115.